The molecule has 0 spiro atoms. The fourth-order valence-electron chi connectivity index (χ4n) is 7.03. The Bertz CT molecular complexity index is 541. The first-order chi connectivity index (χ1) is 11.4. The van der Waals surface area contributed by atoms with Crippen LogP contribution in [0, 0.1) is 40.9 Å². The summed E-state index contributed by atoms with van der Waals surface area (Å²) in [7, 11) is 0. The van der Waals surface area contributed by atoms with Gasteiger partial charge in [0.2, 0.25) is 0 Å². The number of carbonyl (C=O) groups excluding carboxylic acids is 2. The minimum Gasteiger partial charge on any atom is -0.454 e. The van der Waals surface area contributed by atoms with E-state index < -0.39 is 6.10 Å². The molecule has 0 aliphatic heterocycles. The second kappa shape index (κ2) is 5.85. The van der Waals surface area contributed by atoms with Gasteiger partial charge in [-0.15, -0.1) is 0 Å². The summed E-state index contributed by atoms with van der Waals surface area (Å²) in [6.07, 6.45) is 9.34. The van der Waals surface area contributed by atoms with Gasteiger partial charge in [-0.05, 0) is 74.0 Å². The fourth-order valence-corrected chi connectivity index (χ4v) is 7.03. The monoisotopic (exact) mass is 332 g/mol. The van der Waals surface area contributed by atoms with Crippen LogP contribution in [-0.4, -0.2) is 17.9 Å². The molecule has 0 radical (unpaired) electrons. The number of fused-ring (bicyclic) bond motifs is 4. The van der Waals surface area contributed by atoms with Crippen molar-refractivity contribution >= 4 is 11.8 Å². The molecule has 3 nitrogen and oxygen atoms in total. The van der Waals surface area contributed by atoms with E-state index in [4.69, 9.17) is 4.74 Å². The highest BCUT2D eigenvalue weighted by atomic mass is 16.5. The van der Waals surface area contributed by atoms with Crippen molar-refractivity contribution in [2.75, 3.05) is 0 Å². The van der Waals surface area contributed by atoms with E-state index >= 15 is 0 Å². The molecule has 134 valence electrons. The Balaban J connectivity index is 1.55. The third-order valence-corrected chi connectivity index (χ3v) is 8.20. The lowest BCUT2D eigenvalue weighted by Gasteiger charge is -2.54. The van der Waals surface area contributed by atoms with Crippen molar-refractivity contribution in [3.8, 4) is 0 Å². The van der Waals surface area contributed by atoms with Gasteiger partial charge in [0.15, 0.2) is 11.9 Å². The number of rotatable bonds is 1. The number of esters is 1. The summed E-state index contributed by atoms with van der Waals surface area (Å²) in [5.41, 5.74) is -0.112. The fraction of sp³-hybridized carbons (Fsp3) is 0.905. The summed E-state index contributed by atoms with van der Waals surface area (Å²) in [5, 5.41) is 0. The van der Waals surface area contributed by atoms with E-state index in [1.807, 2.05) is 0 Å². The topological polar surface area (TPSA) is 43.4 Å². The van der Waals surface area contributed by atoms with Crippen LogP contribution in [-0.2, 0) is 14.3 Å². The molecular weight excluding hydrogens is 300 g/mol. The summed E-state index contributed by atoms with van der Waals surface area (Å²) in [5.74, 6) is 4.52. The molecule has 0 heterocycles. The van der Waals surface area contributed by atoms with E-state index in [0.717, 1.165) is 30.1 Å². The predicted octanol–water partition coefficient (Wildman–Crippen LogP) is 4.39. The Kier molecular flexibility index (Phi) is 4.04. The molecule has 0 N–H and O–H groups in total. The number of ether oxygens (including phenoxy) is 1. The van der Waals surface area contributed by atoms with Gasteiger partial charge in [-0.3, -0.25) is 9.59 Å². The predicted molar refractivity (Wildman–Crippen MR) is 92.2 cm³/mol. The number of carbonyl (C=O) groups is 2. The second-order valence-corrected chi connectivity index (χ2v) is 9.64. The maximum atomic E-state index is 12.6. The smallest absolute Gasteiger partial charge is 0.303 e. The van der Waals surface area contributed by atoms with E-state index in [1.165, 1.54) is 45.4 Å². The zero-order valence-electron chi connectivity index (χ0n) is 15.4. The van der Waals surface area contributed by atoms with Crippen LogP contribution in [0.3, 0.4) is 0 Å². The Labute approximate surface area is 145 Å². The zero-order valence-corrected chi connectivity index (χ0v) is 15.4. The lowest BCUT2D eigenvalue weighted by molar-refractivity contribution is -0.161. The van der Waals surface area contributed by atoms with Gasteiger partial charge >= 0.3 is 5.97 Å². The van der Waals surface area contributed by atoms with Crippen molar-refractivity contribution in [2.45, 2.75) is 78.2 Å². The number of hydrogen-bond acceptors (Lipinski definition) is 3. The molecule has 4 aliphatic rings. The van der Waals surface area contributed by atoms with Gasteiger partial charge in [0.1, 0.15) is 0 Å². The van der Waals surface area contributed by atoms with Crippen LogP contribution in [0.25, 0.3) is 0 Å². The van der Waals surface area contributed by atoms with E-state index in [9.17, 15) is 9.59 Å². The first kappa shape index (κ1) is 16.6. The van der Waals surface area contributed by atoms with Crippen LogP contribution in [0.15, 0.2) is 0 Å². The van der Waals surface area contributed by atoms with Crippen molar-refractivity contribution in [3.63, 3.8) is 0 Å². The molecule has 0 aromatic rings. The van der Waals surface area contributed by atoms with E-state index in [0.29, 0.717) is 18.3 Å². The van der Waals surface area contributed by atoms with Gasteiger partial charge in [-0.2, -0.15) is 0 Å². The molecule has 0 amide bonds. The standard InChI is InChI=1S/C21H32O3/c1-12-4-5-14-10-17-15(9-16(14)8-12)6-7-21(3)18(17)11-19(23)20(21)24-13(2)22/h12,14-18,20H,4-11H2,1-3H3/t12-,14-,15+,16-,17+,18-,20-,21-/m1/s1. The van der Waals surface area contributed by atoms with Crippen LogP contribution in [0.1, 0.15) is 72.1 Å². The quantitative estimate of drug-likeness (QED) is 0.669. The van der Waals surface area contributed by atoms with Crippen LogP contribution < -0.4 is 0 Å². The molecular formula is C21H32O3. The van der Waals surface area contributed by atoms with E-state index in [-0.39, 0.29) is 17.2 Å². The number of Topliss-reactive ketones (excluding diaryl/α,β-unsaturated/α-hetero) is 1. The SMILES string of the molecule is CC(=O)O[C@@H]1C(=O)C[C@@H]2[C@H]3C[C@H]4CC[C@@H](C)C[C@@H]4C[C@@H]3CC[C@@]12C. The van der Waals surface area contributed by atoms with Crippen LogP contribution in [0.2, 0.25) is 0 Å². The van der Waals surface area contributed by atoms with Crippen LogP contribution in [0.5, 0.6) is 0 Å². The molecule has 4 aliphatic carbocycles. The molecule has 3 heteroatoms. The third kappa shape index (κ3) is 2.54. The molecule has 4 rings (SSSR count). The van der Waals surface area contributed by atoms with Crippen LogP contribution in [0.4, 0.5) is 0 Å². The van der Waals surface area contributed by atoms with Crippen molar-refractivity contribution < 1.29 is 14.3 Å². The molecule has 0 saturated heterocycles. The van der Waals surface area contributed by atoms with Crippen molar-refractivity contribution in [1.29, 1.82) is 0 Å². The van der Waals surface area contributed by atoms with Gasteiger partial charge in [0.25, 0.3) is 0 Å². The highest BCUT2D eigenvalue weighted by Crippen LogP contribution is 2.61. The second-order valence-electron chi connectivity index (χ2n) is 9.64. The third-order valence-electron chi connectivity index (χ3n) is 8.20. The molecule has 0 unspecified atom stereocenters. The molecule has 0 bridgehead atoms. The summed E-state index contributed by atoms with van der Waals surface area (Å²) < 4.78 is 5.51. The van der Waals surface area contributed by atoms with Crippen molar-refractivity contribution in [3.05, 3.63) is 0 Å². The number of ketones is 1. The Morgan fingerprint density at radius 2 is 1.88 bits per heavy atom. The lowest BCUT2D eigenvalue weighted by Crippen LogP contribution is -2.48. The maximum Gasteiger partial charge on any atom is 0.303 e. The summed E-state index contributed by atoms with van der Waals surface area (Å²) in [4.78, 5) is 24.1. The minimum absolute atomic E-state index is 0.112. The van der Waals surface area contributed by atoms with Gasteiger partial charge in [-0.1, -0.05) is 20.3 Å². The number of hydrogen-bond donors (Lipinski definition) is 0. The first-order valence-electron chi connectivity index (χ1n) is 10.1. The largest absolute Gasteiger partial charge is 0.454 e. The zero-order chi connectivity index (χ0) is 17.1. The molecule has 4 fully saturated rings. The van der Waals surface area contributed by atoms with Crippen molar-refractivity contribution in [1.82, 2.24) is 0 Å². The molecule has 4 saturated carbocycles. The summed E-state index contributed by atoms with van der Waals surface area (Å²) >= 11 is 0. The Hall–Kier alpha value is -0.860. The van der Waals surface area contributed by atoms with Gasteiger partial charge in [0, 0.05) is 18.8 Å². The van der Waals surface area contributed by atoms with Crippen molar-refractivity contribution in [2.24, 2.45) is 40.9 Å². The van der Waals surface area contributed by atoms with Gasteiger partial charge in [0.05, 0.1) is 0 Å². The molecule has 8 atom stereocenters. The lowest BCUT2D eigenvalue weighted by atomic mass is 9.51. The van der Waals surface area contributed by atoms with Crippen LogP contribution >= 0.6 is 0 Å². The summed E-state index contributed by atoms with van der Waals surface area (Å²) in [6.45, 7) is 6.07. The highest BCUT2D eigenvalue weighted by molar-refractivity contribution is 5.89. The highest BCUT2D eigenvalue weighted by Gasteiger charge is 2.60. The summed E-state index contributed by atoms with van der Waals surface area (Å²) in [6, 6.07) is 0. The van der Waals surface area contributed by atoms with E-state index in [1.54, 1.807) is 0 Å². The normalized spacial score (nSPS) is 50.6. The molecule has 0 aromatic heterocycles. The Morgan fingerprint density at radius 3 is 2.62 bits per heavy atom. The average molecular weight is 332 g/mol. The Morgan fingerprint density at radius 1 is 1.08 bits per heavy atom. The van der Waals surface area contributed by atoms with Gasteiger partial charge in [-0.25, -0.2) is 0 Å². The average Bonchev–Trinajstić information content (AvgIpc) is 2.77. The van der Waals surface area contributed by atoms with E-state index in [2.05, 4.69) is 13.8 Å². The maximum absolute atomic E-state index is 12.6. The molecule has 24 heavy (non-hydrogen) atoms. The first-order valence-corrected chi connectivity index (χ1v) is 10.1. The van der Waals surface area contributed by atoms with Gasteiger partial charge < -0.3 is 4.74 Å². The molecule has 0 aromatic carbocycles. The minimum atomic E-state index is -0.481.